The zero-order valence-corrected chi connectivity index (χ0v) is 9.26. The highest BCUT2D eigenvalue weighted by atomic mass is 15.6. The molecule has 0 radical (unpaired) electrons. The average Bonchev–Trinajstić information content (AvgIpc) is 2.41. The van der Waals surface area contributed by atoms with Gasteiger partial charge in [0.05, 0.1) is 6.17 Å². The van der Waals surface area contributed by atoms with E-state index in [0.717, 1.165) is 6.04 Å². The monoisotopic (exact) mass is 197 g/mol. The SMILES string of the molecule is CNN1CCC1NC1CCCCCC1. The van der Waals surface area contributed by atoms with Gasteiger partial charge in [-0.3, -0.25) is 10.7 Å². The summed E-state index contributed by atoms with van der Waals surface area (Å²) in [5.74, 6) is 0. The highest BCUT2D eigenvalue weighted by molar-refractivity contribution is 4.82. The zero-order chi connectivity index (χ0) is 9.80. The van der Waals surface area contributed by atoms with E-state index < -0.39 is 0 Å². The fourth-order valence-electron chi connectivity index (χ4n) is 2.55. The minimum atomic E-state index is 0.600. The Morgan fingerprint density at radius 1 is 1.00 bits per heavy atom. The van der Waals surface area contributed by atoms with Crippen LogP contribution in [-0.2, 0) is 0 Å². The van der Waals surface area contributed by atoms with Crippen molar-refractivity contribution in [3.63, 3.8) is 0 Å². The van der Waals surface area contributed by atoms with Crippen molar-refractivity contribution in [1.29, 1.82) is 0 Å². The van der Waals surface area contributed by atoms with Crippen LogP contribution in [0.2, 0.25) is 0 Å². The molecule has 0 aromatic rings. The third-order valence-electron chi connectivity index (χ3n) is 3.59. The number of hydrazine groups is 1. The summed E-state index contributed by atoms with van der Waals surface area (Å²) in [5, 5.41) is 6.06. The van der Waals surface area contributed by atoms with Gasteiger partial charge < -0.3 is 0 Å². The first-order valence-corrected chi connectivity index (χ1v) is 6.10. The fraction of sp³-hybridized carbons (Fsp3) is 1.00. The van der Waals surface area contributed by atoms with Crippen LogP contribution in [0.1, 0.15) is 44.9 Å². The van der Waals surface area contributed by atoms with E-state index >= 15 is 0 Å². The van der Waals surface area contributed by atoms with Gasteiger partial charge in [0, 0.05) is 12.6 Å². The maximum absolute atomic E-state index is 3.76. The van der Waals surface area contributed by atoms with Gasteiger partial charge in [0.15, 0.2) is 0 Å². The lowest BCUT2D eigenvalue weighted by molar-refractivity contribution is 0.0113. The molecule has 0 spiro atoms. The zero-order valence-electron chi connectivity index (χ0n) is 9.26. The van der Waals surface area contributed by atoms with Gasteiger partial charge in [-0.1, -0.05) is 25.7 Å². The second kappa shape index (κ2) is 5.10. The van der Waals surface area contributed by atoms with Crippen LogP contribution in [0.5, 0.6) is 0 Å². The molecule has 2 rings (SSSR count). The number of hydrogen-bond donors (Lipinski definition) is 2. The first-order chi connectivity index (χ1) is 6.90. The van der Waals surface area contributed by atoms with Gasteiger partial charge in [-0.2, -0.15) is 0 Å². The number of hydrogen-bond acceptors (Lipinski definition) is 3. The van der Waals surface area contributed by atoms with E-state index in [1.807, 2.05) is 7.05 Å². The minimum absolute atomic E-state index is 0.600. The van der Waals surface area contributed by atoms with E-state index in [1.54, 1.807) is 0 Å². The van der Waals surface area contributed by atoms with Crippen molar-refractivity contribution in [1.82, 2.24) is 15.8 Å². The summed E-state index contributed by atoms with van der Waals surface area (Å²) < 4.78 is 0. The van der Waals surface area contributed by atoms with Crippen molar-refractivity contribution in [2.45, 2.75) is 57.2 Å². The fourth-order valence-corrected chi connectivity index (χ4v) is 2.55. The van der Waals surface area contributed by atoms with E-state index in [0.29, 0.717) is 6.17 Å². The van der Waals surface area contributed by atoms with Crippen LogP contribution in [0.3, 0.4) is 0 Å². The Kier molecular flexibility index (Phi) is 3.79. The Balaban J connectivity index is 1.72. The highest BCUT2D eigenvalue weighted by Gasteiger charge is 2.28. The summed E-state index contributed by atoms with van der Waals surface area (Å²) >= 11 is 0. The second-order valence-corrected chi connectivity index (χ2v) is 4.58. The van der Waals surface area contributed by atoms with Crippen LogP contribution in [0.4, 0.5) is 0 Å². The Hall–Kier alpha value is -0.120. The molecule has 3 nitrogen and oxygen atoms in total. The molecule has 3 heteroatoms. The molecule has 14 heavy (non-hydrogen) atoms. The molecule has 2 aliphatic rings. The Morgan fingerprint density at radius 3 is 2.21 bits per heavy atom. The van der Waals surface area contributed by atoms with Crippen LogP contribution in [-0.4, -0.2) is 30.8 Å². The third-order valence-corrected chi connectivity index (χ3v) is 3.59. The molecule has 1 unspecified atom stereocenters. The van der Waals surface area contributed by atoms with E-state index in [1.165, 1.54) is 51.5 Å². The average molecular weight is 197 g/mol. The van der Waals surface area contributed by atoms with Crippen molar-refractivity contribution in [2.75, 3.05) is 13.6 Å². The smallest absolute Gasteiger partial charge is 0.0747 e. The predicted octanol–water partition coefficient (Wildman–Crippen LogP) is 1.46. The standard InChI is InChI=1S/C11H23N3/c1-12-14-9-8-11(14)13-10-6-4-2-3-5-7-10/h10-13H,2-9H2,1H3. The Bertz CT molecular complexity index is 162. The number of nitrogens with one attached hydrogen (secondary N) is 2. The van der Waals surface area contributed by atoms with Gasteiger partial charge in [0.25, 0.3) is 0 Å². The van der Waals surface area contributed by atoms with E-state index in [4.69, 9.17) is 0 Å². The number of nitrogens with zero attached hydrogens (tertiary/aromatic N) is 1. The van der Waals surface area contributed by atoms with E-state index in [-0.39, 0.29) is 0 Å². The Labute approximate surface area is 87.2 Å². The van der Waals surface area contributed by atoms with Gasteiger partial charge in [-0.25, -0.2) is 5.01 Å². The number of rotatable bonds is 3. The summed E-state index contributed by atoms with van der Waals surface area (Å²) in [6, 6.07) is 0.777. The molecule has 1 aliphatic carbocycles. The topological polar surface area (TPSA) is 27.3 Å². The van der Waals surface area contributed by atoms with E-state index in [2.05, 4.69) is 15.8 Å². The largest absolute Gasteiger partial charge is 0.298 e. The van der Waals surface area contributed by atoms with Gasteiger partial charge in [0.2, 0.25) is 0 Å². The maximum Gasteiger partial charge on any atom is 0.0747 e. The van der Waals surface area contributed by atoms with Crippen LogP contribution >= 0.6 is 0 Å². The van der Waals surface area contributed by atoms with Crippen molar-refractivity contribution in [3.05, 3.63) is 0 Å². The normalized spacial score (nSPS) is 31.1. The van der Waals surface area contributed by atoms with Gasteiger partial charge in [0.1, 0.15) is 0 Å². The first-order valence-electron chi connectivity index (χ1n) is 6.10. The van der Waals surface area contributed by atoms with E-state index in [9.17, 15) is 0 Å². The Morgan fingerprint density at radius 2 is 1.71 bits per heavy atom. The molecule has 2 N–H and O–H groups in total. The second-order valence-electron chi connectivity index (χ2n) is 4.58. The lowest BCUT2D eigenvalue weighted by Gasteiger charge is -2.42. The third kappa shape index (κ3) is 2.47. The van der Waals surface area contributed by atoms with Crippen molar-refractivity contribution in [2.24, 2.45) is 0 Å². The molecule has 1 saturated heterocycles. The quantitative estimate of drug-likeness (QED) is 0.671. The summed E-state index contributed by atoms with van der Waals surface area (Å²) in [5.41, 5.74) is 3.23. The maximum atomic E-state index is 3.76. The van der Waals surface area contributed by atoms with Crippen LogP contribution in [0.15, 0.2) is 0 Å². The van der Waals surface area contributed by atoms with Crippen LogP contribution < -0.4 is 10.7 Å². The predicted molar refractivity (Wildman–Crippen MR) is 58.8 cm³/mol. The molecule has 0 bridgehead atoms. The summed E-state index contributed by atoms with van der Waals surface area (Å²) in [4.78, 5) is 0. The van der Waals surface area contributed by atoms with Crippen LogP contribution in [0.25, 0.3) is 0 Å². The van der Waals surface area contributed by atoms with Gasteiger partial charge in [-0.05, 0) is 26.3 Å². The van der Waals surface area contributed by atoms with Gasteiger partial charge >= 0.3 is 0 Å². The van der Waals surface area contributed by atoms with Crippen molar-refractivity contribution in [3.8, 4) is 0 Å². The molecule has 1 atom stereocenters. The summed E-state index contributed by atoms with van der Waals surface area (Å²) in [7, 11) is 2.01. The molecule has 0 amide bonds. The molecule has 0 aromatic carbocycles. The molecule has 1 aliphatic heterocycles. The van der Waals surface area contributed by atoms with Crippen molar-refractivity contribution < 1.29 is 0 Å². The molecule has 82 valence electrons. The summed E-state index contributed by atoms with van der Waals surface area (Å²) in [6.07, 6.45) is 10.4. The molecule has 1 heterocycles. The van der Waals surface area contributed by atoms with Crippen molar-refractivity contribution >= 4 is 0 Å². The lowest BCUT2D eigenvalue weighted by atomic mass is 10.1. The molecule has 1 saturated carbocycles. The van der Waals surface area contributed by atoms with Crippen LogP contribution in [0, 0.1) is 0 Å². The molecule has 0 aromatic heterocycles. The highest BCUT2D eigenvalue weighted by Crippen LogP contribution is 2.20. The minimum Gasteiger partial charge on any atom is -0.298 e. The summed E-state index contributed by atoms with van der Waals surface area (Å²) in [6.45, 7) is 1.20. The first kappa shape index (κ1) is 10.4. The molecule has 2 fully saturated rings. The van der Waals surface area contributed by atoms with Gasteiger partial charge in [-0.15, -0.1) is 0 Å². The molecular formula is C11H23N3. The molecular weight excluding hydrogens is 174 g/mol. The lowest BCUT2D eigenvalue weighted by Crippen LogP contribution is -2.62.